The topological polar surface area (TPSA) is 95.9 Å². The molecule has 1 aliphatic rings. The first-order valence-electron chi connectivity index (χ1n) is 7.96. The van der Waals surface area contributed by atoms with Gasteiger partial charge in [-0.25, -0.2) is 15.0 Å². The monoisotopic (exact) mass is 327 g/mol. The lowest BCUT2D eigenvalue weighted by Gasteiger charge is -2.16. The zero-order valence-corrected chi connectivity index (χ0v) is 13.9. The molecular weight excluding hydrogens is 306 g/mol. The zero-order valence-electron chi connectivity index (χ0n) is 13.9. The Hall–Kier alpha value is -2.61. The van der Waals surface area contributed by atoms with Gasteiger partial charge in [0.05, 0.1) is 12.7 Å². The molecule has 3 heterocycles. The second-order valence-electron chi connectivity index (χ2n) is 5.82. The molecule has 1 unspecified atom stereocenters. The Balaban J connectivity index is 1.73. The van der Waals surface area contributed by atoms with E-state index >= 15 is 0 Å². The molecule has 0 saturated carbocycles. The molecule has 126 valence electrons. The van der Waals surface area contributed by atoms with Gasteiger partial charge in [-0.3, -0.25) is 9.78 Å². The number of carbonyl (C=O) groups excluding carboxylic acids is 1. The third-order valence-electron chi connectivity index (χ3n) is 3.92. The Bertz CT molecular complexity index is 707. The largest absolute Gasteiger partial charge is 0.341 e. The van der Waals surface area contributed by atoms with Gasteiger partial charge in [0, 0.05) is 43.2 Å². The van der Waals surface area contributed by atoms with E-state index in [1.807, 2.05) is 17.9 Å². The number of carbonyl (C=O) groups is 1. The van der Waals surface area contributed by atoms with Crippen LogP contribution in [0, 0.1) is 6.92 Å². The number of likely N-dealkylation sites (N-methyl/N-ethyl adjacent to an activating group) is 1. The molecule has 8 heteroatoms. The van der Waals surface area contributed by atoms with Gasteiger partial charge in [0.2, 0.25) is 5.91 Å². The van der Waals surface area contributed by atoms with Crippen LogP contribution in [-0.4, -0.2) is 57.4 Å². The number of hydrogen-bond donors (Lipinski definition) is 2. The minimum atomic E-state index is 0.116. The highest BCUT2D eigenvalue weighted by molar-refractivity contribution is 5.78. The Morgan fingerprint density at radius 1 is 1.33 bits per heavy atom. The van der Waals surface area contributed by atoms with E-state index in [0.717, 1.165) is 24.5 Å². The van der Waals surface area contributed by atoms with E-state index in [4.69, 9.17) is 0 Å². The Morgan fingerprint density at radius 2 is 2.21 bits per heavy atom. The normalized spacial score (nSPS) is 17.1. The van der Waals surface area contributed by atoms with E-state index in [2.05, 4.69) is 30.6 Å². The maximum absolute atomic E-state index is 12.0. The van der Waals surface area contributed by atoms with Crippen molar-refractivity contribution in [2.45, 2.75) is 19.3 Å². The molecule has 0 aliphatic carbocycles. The van der Waals surface area contributed by atoms with E-state index < -0.39 is 0 Å². The van der Waals surface area contributed by atoms with Crippen molar-refractivity contribution in [1.82, 2.24) is 30.2 Å². The van der Waals surface area contributed by atoms with Crippen molar-refractivity contribution in [2.75, 3.05) is 32.0 Å². The summed E-state index contributed by atoms with van der Waals surface area (Å²) in [5.41, 5.74) is 0.881. The number of rotatable bonds is 5. The smallest absolute Gasteiger partial charge is 0.236 e. The molecule has 2 aromatic rings. The molecule has 0 aromatic carbocycles. The second kappa shape index (κ2) is 7.31. The van der Waals surface area contributed by atoms with Crippen LogP contribution in [0.25, 0.3) is 0 Å². The Kier molecular flexibility index (Phi) is 4.95. The standard InChI is InChI=1S/C16H21N7O/c1-11-7-13(21-14-8-18-4-5-19-14)22-16(20-11)12-3-6-23(10-12)15(24)9-17-2/h4-5,7-8,12,17H,3,6,9-10H2,1-2H3,(H,19,20,21,22). The first-order chi connectivity index (χ1) is 11.7. The highest BCUT2D eigenvalue weighted by Gasteiger charge is 2.29. The molecule has 1 saturated heterocycles. The highest BCUT2D eigenvalue weighted by Crippen LogP contribution is 2.26. The SMILES string of the molecule is CNCC(=O)N1CCC(c2nc(C)cc(Nc3cnccn3)n2)C1. The van der Waals surface area contributed by atoms with Crippen LogP contribution in [0.3, 0.4) is 0 Å². The minimum Gasteiger partial charge on any atom is -0.341 e. The summed E-state index contributed by atoms with van der Waals surface area (Å²) in [6, 6.07) is 1.87. The number of nitrogens with zero attached hydrogens (tertiary/aromatic N) is 5. The van der Waals surface area contributed by atoms with E-state index in [9.17, 15) is 4.79 Å². The highest BCUT2D eigenvalue weighted by atomic mass is 16.2. The van der Waals surface area contributed by atoms with Gasteiger partial charge >= 0.3 is 0 Å². The third kappa shape index (κ3) is 3.83. The minimum absolute atomic E-state index is 0.116. The fourth-order valence-corrected chi connectivity index (χ4v) is 2.79. The number of nitrogens with one attached hydrogen (secondary N) is 2. The van der Waals surface area contributed by atoms with E-state index in [-0.39, 0.29) is 11.8 Å². The Labute approximate surface area is 140 Å². The lowest BCUT2D eigenvalue weighted by molar-refractivity contribution is -0.129. The van der Waals surface area contributed by atoms with Gasteiger partial charge in [0.25, 0.3) is 0 Å². The molecule has 1 amide bonds. The number of aryl methyl sites for hydroxylation is 1. The summed E-state index contributed by atoms with van der Waals surface area (Å²) in [5.74, 6) is 2.37. The van der Waals surface area contributed by atoms with Crippen molar-refractivity contribution in [3.63, 3.8) is 0 Å². The average molecular weight is 327 g/mol. The maximum Gasteiger partial charge on any atom is 0.236 e. The summed E-state index contributed by atoms with van der Waals surface area (Å²) >= 11 is 0. The predicted molar refractivity (Wildman–Crippen MR) is 89.9 cm³/mol. The number of amides is 1. The average Bonchev–Trinajstić information content (AvgIpc) is 3.06. The lowest BCUT2D eigenvalue weighted by atomic mass is 10.1. The van der Waals surface area contributed by atoms with Crippen LogP contribution in [0.4, 0.5) is 11.6 Å². The number of hydrogen-bond acceptors (Lipinski definition) is 7. The molecule has 2 aromatic heterocycles. The summed E-state index contributed by atoms with van der Waals surface area (Å²) in [6.45, 7) is 3.71. The Morgan fingerprint density at radius 3 is 2.96 bits per heavy atom. The van der Waals surface area contributed by atoms with Crippen LogP contribution in [0.1, 0.15) is 23.9 Å². The number of aromatic nitrogens is 4. The van der Waals surface area contributed by atoms with Crippen LogP contribution < -0.4 is 10.6 Å². The fourth-order valence-electron chi connectivity index (χ4n) is 2.79. The molecule has 1 atom stereocenters. The van der Waals surface area contributed by atoms with Gasteiger partial charge in [0.15, 0.2) is 0 Å². The zero-order chi connectivity index (χ0) is 16.9. The molecule has 3 rings (SSSR count). The third-order valence-corrected chi connectivity index (χ3v) is 3.92. The van der Waals surface area contributed by atoms with Crippen LogP contribution in [0.2, 0.25) is 0 Å². The van der Waals surface area contributed by atoms with Gasteiger partial charge in [-0.15, -0.1) is 0 Å². The second-order valence-corrected chi connectivity index (χ2v) is 5.82. The van der Waals surface area contributed by atoms with Crippen molar-refractivity contribution in [3.05, 3.63) is 36.2 Å². The quantitative estimate of drug-likeness (QED) is 0.840. The van der Waals surface area contributed by atoms with Crippen molar-refractivity contribution in [2.24, 2.45) is 0 Å². The first-order valence-corrected chi connectivity index (χ1v) is 7.96. The molecule has 0 radical (unpaired) electrons. The summed E-state index contributed by atoms with van der Waals surface area (Å²) in [4.78, 5) is 31.2. The molecule has 1 fully saturated rings. The van der Waals surface area contributed by atoms with Crippen molar-refractivity contribution in [1.29, 1.82) is 0 Å². The number of likely N-dealkylation sites (tertiary alicyclic amines) is 1. The predicted octanol–water partition coefficient (Wildman–Crippen LogP) is 0.854. The summed E-state index contributed by atoms with van der Waals surface area (Å²) in [6.07, 6.45) is 5.77. The molecule has 24 heavy (non-hydrogen) atoms. The lowest BCUT2D eigenvalue weighted by Crippen LogP contribution is -2.35. The molecular formula is C16H21N7O. The summed E-state index contributed by atoms with van der Waals surface area (Å²) < 4.78 is 0. The fraction of sp³-hybridized carbons (Fsp3) is 0.438. The van der Waals surface area contributed by atoms with Crippen LogP contribution in [0.15, 0.2) is 24.7 Å². The van der Waals surface area contributed by atoms with Gasteiger partial charge in [0.1, 0.15) is 17.5 Å². The van der Waals surface area contributed by atoms with E-state index in [1.54, 1.807) is 25.6 Å². The summed E-state index contributed by atoms with van der Waals surface area (Å²) in [5, 5.41) is 6.05. The van der Waals surface area contributed by atoms with E-state index in [1.165, 1.54) is 0 Å². The van der Waals surface area contributed by atoms with E-state index in [0.29, 0.717) is 24.7 Å². The molecule has 1 aliphatic heterocycles. The van der Waals surface area contributed by atoms with Gasteiger partial charge in [-0.05, 0) is 20.4 Å². The molecule has 0 bridgehead atoms. The number of anilines is 2. The van der Waals surface area contributed by atoms with Crippen molar-refractivity contribution >= 4 is 17.5 Å². The summed E-state index contributed by atoms with van der Waals surface area (Å²) in [7, 11) is 1.78. The van der Waals surface area contributed by atoms with Gasteiger partial charge < -0.3 is 15.5 Å². The van der Waals surface area contributed by atoms with Crippen molar-refractivity contribution < 1.29 is 4.79 Å². The van der Waals surface area contributed by atoms with Crippen molar-refractivity contribution in [3.8, 4) is 0 Å². The van der Waals surface area contributed by atoms with Gasteiger partial charge in [-0.1, -0.05) is 0 Å². The van der Waals surface area contributed by atoms with Crippen LogP contribution >= 0.6 is 0 Å². The van der Waals surface area contributed by atoms with Crippen LogP contribution in [0.5, 0.6) is 0 Å². The molecule has 0 spiro atoms. The molecule has 2 N–H and O–H groups in total. The van der Waals surface area contributed by atoms with Crippen LogP contribution in [-0.2, 0) is 4.79 Å². The molecule has 8 nitrogen and oxygen atoms in total. The van der Waals surface area contributed by atoms with Gasteiger partial charge in [-0.2, -0.15) is 0 Å². The maximum atomic E-state index is 12.0. The first kappa shape index (κ1) is 16.3.